The van der Waals surface area contributed by atoms with E-state index in [-0.39, 0.29) is 33.5 Å². The van der Waals surface area contributed by atoms with Crippen molar-refractivity contribution in [3.05, 3.63) is 89.5 Å². The second kappa shape index (κ2) is 13.5. The van der Waals surface area contributed by atoms with Crippen molar-refractivity contribution in [3.63, 3.8) is 0 Å². The monoisotopic (exact) mass is 753 g/mol. The van der Waals surface area contributed by atoms with Gasteiger partial charge in [0.1, 0.15) is 6.61 Å². The van der Waals surface area contributed by atoms with Gasteiger partial charge in [-0.3, -0.25) is 9.59 Å². The van der Waals surface area contributed by atoms with Crippen LogP contribution >= 0.6 is 0 Å². The number of amides is 1. The summed E-state index contributed by atoms with van der Waals surface area (Å²) in [7, 11) is -3.71. The van der Waals surface area contributed by atoms with Crippen LogP contribution in [0.25, 0.3) is 5.57 Å². The fourth-order valence-electron chi connectivity index (χ4n) is 13.6. The van der Waals surface area contributed by atoms with Gasteiger partial charge >= 0.3 is 5.97 Å². The van der Waals surface area contributed by atoms with Crippen LogP contribution in [0.15, 0.2) is 72.8 Å². The maximum Gasteiger partial charge on any atom is 0.312 e. The van der Waals surface area contributed by atoms with Crippen LogP contribution in [-0.4, -0.2) is 25.5 Å². The predicted octanol–water partition coefficient (Wildman–Crippen LogP) is 10.5. The molecule has 0 spiro atoms. The molecule has 5 aliphatic carbocycles. The average Bonchev–Trinajstić information content (AvgIpc) is 3.52. The standard InChI is InChI=1S/C47H63NO5S/c1-30(2)35-21-26-47(42(50)53-29-32-13-11-10-12-14-32)28-27-45(8)37(40(35)47)19-20-39-44(7)24-22-36(43(5,6)38(44)23-25-46(39,45)9)33-15-17-34(18-16-33)41(49)48-54(51,52)31(3)4/h10-18,22,31,35,37-40H,1,19-21,23-29H2,2-9H3,(H,48,49)/t35-,37+,38-,39?,40+,44-,45+,46+,47-/m0/s1. The number of benzene rings is 2. The normalized spacial score (nSPS) is 36.8. The average molecular weight is 754 g/mol. The van der Waals surface area contributed by atoms with Crippen LogP contribution in [0.3, 0.4) is 0 Å². The summed E-state index contributed by atoms with van der Waals surface area (Å²) in [6.45, 7) is 22.8. The number of carbonyl (C=O) groups excluding carboxylic acids is 2. The van der Waals surface area contributed by atoms with E-state index in [1.807, 2.05) is 42.5 Å². The number of rotatable bonds is 8. The summed E-state index contributed by atoms with van der Waals surface area (Å²) in [5.41, 5.74) is 4.91. The lowest BCUT2D eigenvalue weighted by Crippen LogP contribution is -2.66. The fraction of sp³-hybridized carbons (Fsp3) is 0.617. The van der Waals surface area contributed by atoms with Gasteiger partial charge in [0.05, 0.1) is 10.7 Å². The molecule has 0 saturated heterocycles. The summed E-state index contributed by atoms with van der Waals surface area (Å²) in [6.07, 6.45) is 12.1. The summed E-state index contributed by atoms with van der Waals surface area (Å²) >= 11 is 0. The molecule has 1 N–H and O–H groups in total. The highest BCUT2D eigenvalue weighted by molar-refractivity contribution is 7.90. The number of esters is 1. The first kappa shape index (κ1) is 39.1. The molecular weight excluding hydrogens is 691 g/mol. The second-order valence-corrected chi connectivity index (χ2v) is 21.8. The third-order valence-electron chi connectivity index (χ3n) is 16.6. The molecule has 1 amide bonds. The topological polar surface area (TPSA) is 89.5 Å². The molecule has 0 bridgehead atoms. The van der Waals surface area contributed by atoms with E-state index in [4.69, 9.17) is 4.74 Å². The maximum absolute atomic E-state index is 14.4. The van der Waals surface area contributed by atoms with E-state index in [1.54, 1.807) is 26.0 Å². The molecule has 0 aliphatic heterocycles. The number of hydrogen-bond acceptors (Lipinski definition) is 5. The van der Waals surface area contributed by atoms with Gasteiger partial charge in [-0.05, 0) is 159 Å². The summed E-state index contributed by atoms with van der Waals surface area (Å²) in [5.74, 6) is 1.56. The first-order valence-corrected chi connectivity index (χ1v) is 22.1. The molecule has 54 heavy (non-hydrogen) atoms. The molecule has 2 aromatic rings. The zero-order chi connectivity index (χ0) is 39.1. The van der Waals surface area contributed by atoms with E-state index < -0.39 is 26.6 Å². The van der Waals surface area contributed by atoms with Gasteiger partial charge in [0.2, 0.25) is 10.0 Å². The first-order chi connectivity index (χ1) is 25.3. The highest BCUT2D eigenvalue weighted by atomic mass is 32.2. The number of fused-ring (bicyclic) bond motifs is 7. The van der Waals surface area contributed by atoms with Gasteiger partial charge in [-0.1, -0.05) is 95.3 Å². The molecule has 7 heteroatoms. The van der Waals surface area contributed by atoms with Gasteiger partial charge < -0.3 is 4.74 Å². The van der Waals surface area contributed by atoms with Crippen molar-refractivity contribution in [1.82, 2.24) is 4.72 Å². The van der Waals surface area contributed by atoms with Crippen LogP contribution in [0.1, 0.15) is 135 Å². The number of hydrogen-bond donors (Lipinski definition) is 1. The lowest BCUT2D eigenvalue weighted by atomic mass is 9.32. The molecule has 0 aromatic heterocycles. The second-order valence-electron chi connectivity index (χ2n) is 19.5. The van der Waals surface area contributed by atoms with E-state index in [0.29, 0.717) is 35.8 Å². The van der Waals surface area contributed by atoms with Crippen LogP contribution in [0.2, 0.25) is 0 Å². The Hall–Kier alpha value is -3.19. The highest BCUT2D eigenvalue weighted by Crippen LogP contribution is 2.77. The molecule has 292 valence electrons. The smallest absolute Gasteiger partial charge is 0.312 e. The molecule has 4 saturated carbocycles. The Bertz CT molecular complexity index is 1950. The Labute approximate surface area is 325 Å². The molecule has 2 aromatic carbocycles. The van der Waals surface area contributed by atoms with Gasteiger partial charge in [0.25, 0.3) is 5.91 Å². The molecule has 4 fully saturated rings. The van der Waals surface area contributed by atoms with Crippen LogP contribution in [0, 0.1) is 56.7 Å². The van der Waals surface area contributed by atoms with Gasteiger partial charge in [-0.25, -0.2) is 13.1 Å². The van der Waals surface area contributed by atoms with Gasteiger partial charge in [-0.2, -0.15) is 0 Å². The number of allylic oxidation sites excluding steroid dienone is 3. The van der Waals surface area contributed by atoms with Crippen molar-refractivity contribution in [2.45, 2.75) is 125 Å². The van der Waals surface area contributed by atoms with Crippen molar-refractivity contribution >= 4 is 27.5 Å². The van der Waals surface area contributed by atoms with Crippen LogP contribution in [0.4, 0.5) is 0 Å². The summed E-state index contributed by atoms with van der Waals surface area (Å²) in [4.78, 5) is 27.2. The molecule has 5 aliphatic rings. The molecule has 9 atom stereocenters. The SMILES string of the molecule is C=C(C)[C@@H]1CC[C@]2(C(=O)OCc3ccccc3)CC[C@]3(C)[C@H](CCC4[C@@]5(C)CC=C(c6ccc(C(=O)NS(=O)(=O)C(C)C)cc6)C(C)(C)[C@@H]5CC[C@]43C)[C@@H]12. The maximum atomic E-state index is 14.4. The minimum atomic E-state index is -3.71. The molecule has 6 nitrogen and oxygen atoms in total. The van der Waals surface area contributed by atoms with Gasteiger partial charge in [0, 0.05) is 5.56 Å². The lowest BCUT2D eigenvalue weighted by molar-refractivity contribution is -0.229. The number of sulfonamides is 1. The molecule has 0 radical (unpaired) electrons. The molecule has 7 rings (SSSR count). The minimum absolute atomic E-state index is 0.0195. The van der Waals surface area contributed by atoms with Crippen LogP contribution in [0.5, 0.6) is 0 Å². The first-order valence-electron chi connectivity index (χ1n) is 20.6. The van der Waals surface area contributed by atoms with E-state index in [0.717, 1.165) is 56.1 Å². The Morgan fingerprint density at radius 3 is 2.19 bits per heavy atom. The molecule has 1 unspecified atom stereocenters. The van der Waals surface area contributed by atoms with Crippen molar-refractivity contribution < 1.29 is 22.7 Å². The van der Waals surface area contributed by atoms with Gasteiger partial charge in [0.15, 0.2) is 0 Å². The third kappa shape index (κ3) is 5.87. The lowest BCUT2D eigenvalue weighted by Gasteiger charge is -2.72. The molecular formula is C47H63NO5S. The van der Waals surface area contributed by atoms with Crippen LogP contribution in [-0.2, 0) is 26.2 Å². The van der Waals surface area contributed by atoms with E-state index in [9.17, 15) is 18.0 Å². The summed E-state index contributed by atoms with van der Waals surface area (Å²) in [5, 5.41) is -0.685. The summed E-state index contributed by atoms with van der Waals surface area (Å²) < 4.78 is 33.1. The Morgan fingerprint density at radius 1 is 0.852 bits per heavy atom. The number of nitrogens with one attached hydrogen (secondary N) is 1. The van der Waals surface area contributed by atoms with Crippen LogP contribution < -0.4 is 4.72 Å². The summed E-state index contributed by atoms with van der Waals surface area (Å²) in [6, 6.07) is 17.6. The van der Waals surface area contributed by atoms with Crippen molar-refractivity contribution in [2.75, 3.05) is 0 Å². The zero-order valence-electron chi connectivity index (χ0n) is 34.0. The zero-order valence-corrected chi connectivity index (χ0v) is 34.8. The largest absolute Gasteiger partial charge is 0.460 e. The van der Waals surface area contributed by atoms with E-state index in [1.165, 1.54) is 24.0 Å². The van der Waals surface area contributed by atoms with Crippen molar-refractivity contribution in [2.24, 2.45) is 56.7 Å². The molecule has 0 heterocycles. The quantitative estimate of drug-likeness (QED) is 0.214. The predicted molar refractivity (Wildman–Crippen MR) is 217 cm³/mol. The Balaban J connectivity index is 1.16. The highest BCUT2D eigenvalue weighted by Gasteiger charge is 2.71. The fourth-order valence-corrected chi connectivity index (χ4v) is 14.2. The third-order valence-corrected chi connectivity index (χ3v) is 18.3. The van der Waals surface area contributed by atoms with E-state index in [2.05, 4.69) is 58.9 Å². The minimum Gasteiger partial charge on any atom is -0.460 e. The Morgan fingerprint density at radius 2 is 1.54 bits per heavy atom. The number of ether oxygens (including phenoxy) is 1. The Kier molecular flexibility index (Phi) is 9.75. The van der Waals surface area contributed by atoms with Crippen molar-refractivity contribution in [1.29, 1.82) is 0 Å². The van der Waals surface area contributed by atoms with E-state index >= 15 is 0 Å². The number of carbonyl (C=O) groups is 2. The van der Waals surface area contributed by atoms with Gasteiger partial charge in [-0.15, -0.1) is 0 Å². The van der Waals surface area contributed by atoms with Crippen molar-refractivity contribution in [3.8, 4) is 0 Å².